The number of nitrogens with zero attached hydrogens (tertiary/aromatic N) is 2. The van der Waals surface area contributed by atoms with Crippen LogP contribution in [-0.2, 0) is 11.3 Å². The Morgan fingerprint density at radius 1 is 1.20 bits per heavy atom. The molecule has 2 rings (SSSR count). The molecule has 2 aromatic rings. The minimum absolute atomic E-state index is 0.0652. The molecule has 0 unspecified atom stereocenters. The molecular weight excluding hydrogens is 322 g/mol. The van der Waals surface area contributed by atoms with Crippen molar-refractivity contribution in [2.45, 2.75) is 32.9 Å². The van der Waals surface area contributed by atoms with Crippen molar-refractivity contribution in [2.24, 2.45) is 0 Å². The predicted octanol–water partition coefficient (Wildman–Crippen LogP) is 1.48. The molecule has 0 aliphatic heterocycles. The van der Waals surface area contributed by atoms with Gasteiger partial charge in [-0.2, -0.15) is 0 Å². The largest absolute Gasteiger partial charge is 0.454 e. The molecule has 0 fully saturated rings. The summed E-state index contributed by atoms with van der Waals surface area (Å²) >= 11 is 0. The first kappa shape index (κ1) is 18.5. The van der Waals surface area contributed by atoms with Gasteiger partial charge in [0.25, 0.3) is 11.5 Å². The van der Waals surface area contributed by atoms with Crippen LogP contribution in [0.4, 0.5) is 0 Å². The standard InChI is InChI=1S/C18H23N3O4/c1-18(2,3)19-15(22)12-20(4)17(24)14-9-8-13(25-14)11-21-10-6-5-7-16(21)23/h5-10H,11-12H2,1-4H3,(H,19,22). The van der Waals surface area contributed by atoms with Gasteiger partial charge >= 0.3 is 0 Å². The number of hydrogen-bond acceptors (Lipinski definition) is 4. The van der Waals surface area contributed by atoms with Gasteiger partial charge in [-0.15, -0.1) is 0 Å². The molecular formula is C18H23N3O4. The summed E-state index contributed by atoms with van der Waals surface area (Å²) in [5.74, 6) is -0.0177. The van der Waals surface area contributed by atoms with Gasteiger partial charge < -0.3 is 19.2 Å². The van der Waals surface area contributed by atoms with Crippen LogP contribution in [0.2, 0.25) is 0 Å². The number of pyridine rings is 1. The molecule has 1 N–H and O–H groups in total. The average Bonchev–Trinajstić information content (AvgIpc) is 2.95. The number of carbonyl (C=O) groups excluding carboxylic acids is 2. The van der Waals surface area contributed by atoms with Crippen molar-refractivity contribution in [2.75, 3.05) is 13.6 Å². The molecule has 134 valence electrons. The number of aromatic nitrogens is 1. The third-order valence-corrected chi connectivity index (χ3v) is 3.34. The van der Waals surface area contributed by atoms with Crippen LogP contribution in [-0.4, -0.2) is 40.4 Å². The summed E-state index contributed by atoms with van der Waals surface area (Å²) in [6, 6.07) is 8.06. The summed E-state index contributed by atoms with van der Waals surface area (Å²) in [5, 5.41) is 2.80. The maximum atomic E-state index is 12.4. The lowest BCUT2D eigenvalue weighted by molar-refractivity contribution is -0.122. The highest BCUT2D eigenvalue weighted by Crippen LogP contribution is 2.11. The van der Waals surface area contributed by atoms with Crippen LogP contribution in [0.1, 0.15) is 37.1 Å². The number of hydrogen-bond donors (Lipinski definition) is 1. The fourth-order valence-electron chi connectivity index (χ4n) is 2.27. The smallest absolute Gasteiger partial charge is 0.289 e. The van der Waals surface area contributed by atoms with Crippen LogP contribution in [0.15, 0.2) is 45.7 Å². The van der Waals surface area contributed by atoms with E-state index in [1.165, 1.54) is 22.6 Å². The zero-order chi connectivity index (χ0) is 18.6. The minimum Gasteiger partial charge on any atom is -0.454 e. The minimum atomic E-state index is -0.393. The Morgan fingerprint density at radius 2 is 1.92 bits per heavy atom. The summed E-state index contributed by atoms with van der Waals surface area (Å²) in [4.78, 5) is 37.3. The van der Waals surface area contributed by atoms with E-state index in [-0.39, 0.29) is 35.9 Å². The van der Waals surface area contributed by atoms with Crippen LogP contribution < -0.4 is 10.9 Å². The monoisotopic (exact) mass is 345 g/mol. The molecule has 0 bridgehead atoms. The Hall–Kier alpha value is -2.83. The van der Waals surface area contributed by atoms with Crippen molar-refractivity contribution in [1.29, 1.82) is 0 Å². The second-order valence-corrected chi connectivity index (χ2v) is 6.89. The third-order valence-electron chi connectivity index (χ3n) is 3.34. The number of likely N-dealkylation sites (N-methyl/N-ethyl adjacent to an activating group) is 1. The molecule has 2 aromatic heterocycles. The molecule has 0 aliphatic rings. The topological polar surface area (TPSA) is 84.5 Å². The summed E-state index contributed by atoms with van der Waals surface area (Å²) < 4.78 is 7.01. The van der Waals surface area contributed by atoms with Crippen molar-refractivity contribution in [3.63, 3.8) is 0 Å². The molecule has 7 nitrogen and oxygen atoms in total. The van der Waals surface area contributed by atoms with E-state index in [2.05, 4.69) is 5.32 Å². The predicted molar refractivity (Wildman–Crippen MR) is 93.4 cm³/mol. The van der Waals surface area contributed by atoms with Gasteiger partial charge in [-0.25, -0.2) is 0 Å². The zero-order valence-corrected chi connectivity index (χ0v) is 14.9. The second-order valence-electron chi connectivity index (χ2n) is 6.89. The third kappa shape index (κ3) is 5.34. The quantitative estimate of drug-likeness (QED) is 0.889. The maximum absolute atomic E-state index is 12.4. The Labute approximate surface area is 146 Å². The van der Waals surface area contributed by atoms with Crippen LogP contribution >= 0.6 is 0 Å². The fourth-order valence-corrected chi connectivity index (χ4v) is 2.27. The van der Waals surface area contributed by atoms with Crippen LogP contribution in [0, 0.1) is 0 Å². The summed E-state index contributed by atoms with van der Waals surface area (Å²) in [6.45, 7) is 5.79. The van der Waals surface area contributed by atoms with Crippen LogP contribution in [0.25, 0.3) is 0 Å². The Kier molecular flexibility index (Phi) is 5.46. The van der Waals surface area contributed by atoms with Crippen molar-refractivity contribution >= 4 is 11.8 Å². The lowest BCUT2D eigenvalue weighted by atomic mass is 10.1. The van der Waals surface area contributed by atoms with Crippen molar-refractivity contribution < 1.29 is 14.0 Å². The number of furan rings is 1. The fraction of sp³-hybridized carbons (Fsp3) is 0.389. The van der Waals surface area contributed by atoms with Crippen molar-refractivity contribution in [1.82, 2.24) is 14.8 Å². The molecule has 0 saturated carbocycles. The highest BCUT2D eigenvalue weighted by Gasteiger charge is 2.21. The highest BCUT2D eigenvalue weighted by atomic mass is 16.4. The number of nitrogens with one attached hydrogen (secondary N) is 1. The lowest BCUT2D eigenvalue weighted by Crippen LogP contribution is -2.46. The zero-order valence-electron chi connectivity index (χ0n) is 14.9. The van der Waals surface area contributed by atoms with Gasteiger partial charge in [0, 0.05) is 24.8 Å². The van der Waals surface area contributed by atoms with E-state index in [0.29, 0.717) is 5.76 Å². The number of rotatable bonds is 5. The van der Waals surface area contributed by atoms with Gasteiger partial charge in [-0.05, 0) is 39.0 Å². The summed E-state index contributed by atoms with van der Waals surface area (Å²) in [7, 11) is 1.54. The van der Waals surface area contributed by atoms with E-state index in [0.717, 1.165) is 0 Å². The van der Waals surface area contributed by atoms with Gasteiger partial charge in [0.15, 0.2) is 5.76 Å². The van der Waals surface area contributed by atoms with Gasteiger partial charge in [0.2, 0.25) is 5.91 Å². The maximum Gasteiger partial charge on any atom is 0.289 e. The molecule has 0 atom stereocenters. The Morgan fingerprint density at radius 3 is 2.56 bits per heavy atom. The molecule has 7 heteroatoms. The first-order chi connectivity index (χ1) is 11.7. The highest BCUT2D eigenvalue weighted by molar-refractivity contribution is 5.94. The Balaban J connectivity index is 2.01. The number of amides is 2. The first-order valence-corrected chi connectivity index (χ1v) is 7.96. The van der Waals surface area contributed by atoms with Gasteiger partial charge in [0.05, 0.1) is 13.1 Å². The van der Waals surface area contributed by atoms with Crippen LogP contribution in [0.5, 0.6) is 0 Å². The second kappa shape index (κ2) is 7.38. The van der Waals surface area contributed by atoms with Crippen LogP contribution in [0.3, 0.4) is 0 Å². The first-order valence-electron chi connectivity index (χ1n) is 7.96. The van der Waals surface area contributed by atoms with Crippen molar-refractivity contribution in [3.05, 3.63) is 58.4 Å². The average molecular weight is 345 g/mol. The normalized spacial score (nSPS) is 11.2. The SMILES string of the molecule is CN(CC(=O)NC(C)(C)C)C(=O)c1ccc(Cn2ccccc2=O)o1. The van der Waals surface area contributed by atoms with E-state index in [1.54, 1.807) is 30.5 Å². The molecule has 2 amide bonds. The van der Waals surface area contributed by atoms with E-state index in [4.69, 9.17) is 4.42 Å². The Bertz CT molecular complexity index is 814. The van der Waals surface area contributed by atoms with E-state index >= 15 is 0 Å². The molecule has 0 aromatic carbocycles. The molecule has 2 heterocycles. The summed E-state index contributed by atoms with van der Waals surface area (Å²) in [6.07, 6.45) is 1.65. The van der Waals surface area contributed by atoms with Gasteiger partial charge in [0.1, 0.15) is 5.76 Å². The van der Waals surface area contributed by atoms with Gasteiger partial charge in [-0.1, -0.05) is 6.07 Å². The number of carbonyl (C=O) groups is 2. The van der Waals surface area contributed by atoms with E-state index < -0.39 is 5.91 Å². The molecule has 0 aliphatic carbocycles. The van der Waals surface area contributed by atoms with Crippen molar-refractivity contribution in [3.8, 4) is 0 Å². The molecule has 0 spiro atoms. The van der Waals surface area contributed by atoms with Gasteiger partial charge in [-0.3, -0.25) is 14.4 Å². The lowest BCUT2D eigenvalue weighted by Gasteiger charge is -2.23. The van der Waals surface area contributed by atoms with E-state index in [1.807, 2.05) is 20.8 Å². The molecule has 0 radical (unpaired) electrons. The van der Waals surface area contributed by atoms with E-state index in [9.17, 15) is 14.4 Å². The summed E-state index contributed by atoms with van der Waals surface area (Å²) in [5.41, 5.74) is -0.510. The molecule has 0 saturated heterocycles. The molecule has 25 heavy (non-hydrogen) atoms.